The van der Waals surface area contributed by atoms with Crippen molar-refractivity contribution in [2.45, 2.75) is 79.8 Å². The van der Waals surface area contributed by atoms with Crippen LogP contribution in [0.25, 0.3) is 16.5 Å². The molecule has 0 bridgehead atoms. The normalized spacial score (nSPS) is 15.8. The number of benzene rings is 1. The maximum Gasteiger partial charge on any atom is 0.156 e. The molecular formula is C27H34FNO2. The molecule has 0 fully saturated rings. The molecule has 0 amide bonds. The highest BCUT2D eigenvalue weighted by atomic mass is 19.1. The van der Waals surface area contributed by atoms with Crippen LogP contribution < -0.4 is 0 Å². The van der Waals surface area contributed by atoms with Gasteiger partial charge in [-0.2, -0.15) is 0 Å². The van der Waals surface area contributed by atoms with E-state index in [1.807, 2.05) is 33.8 Å². The molecule has 1 heterocycles. The average Bonchev–Trinajstić information content (AvgIpc) is 2.75. The molecule has 0 aliphatic heterocycles. The number of aryl methyl sites for hydroxylation is 2. The van der Waals surface area contributed by atoms with E-state index in [4.69, 9.17) is 9.72 Å². The van der Waals surface area contributed by atoms with Gasteiger partial charge in [-0.25, -0.2) is 9.37 Å². The van der Waals surface area contributed by atoms with Crippen molar-refractivity contribution in [1.82, 2.24) is 4.98 Å². The molecule has 1 aliphatic carbocycles. The van der Waals surface area contributed by atoms with Crippen LogP contribution in [0, 0.1) is 12.7 Å². The lowest BCUT2D eigenvalue weighted by molar-refractivity contribution is -0.113. The Bertz CT molecular complexity index is 1090. The third kappa shape index (κ3) is 4.23. The molecule has 166 valence electrons. The van der Waals surface area contributed by atoms with Gasteiger partial charge in [0.15, 0.2) is 5.78 Å². The van der Waals surface area contributed by atoms with Crippen LogP contribution in [0.1, 0.15) is 75.4 Å². The topological polar surface area (TPSA) is 39.2 Å². The van der Waals surface area contributed by atoms with Gasteiger partial charge in [0.05, 0.1) is 17.3 Å². The summed E-state index contributed by atoms with van der Waals surface area (Å²) >= 11 is 0. The monoisotopic (exact) mass is 423 g/mol. The number of ether oxygens (including phenoxy) is 1. The van der Waals surface area contributed by atoms with E-state index in [0.717, 1.165) is 70.1 Å². The summed E-state index contributed by atoms with van der Waals surface area (Å²) in [5.74, 6) is -0.122. The number of carbonyl (C=O) groups excluding carboxylic acids is 1. The zero-order valence-electron chi connectivity index (χ0n) is 19.9. The minimum absolute atomic E-state index is 0.0601. The van der Waals surface area contributed by atoms with Gasteiger partial charge < -0.3 is 4.74 Å². The van der Waals surface area contributed by atoms with Crippen molar-refractivity contribution in [3.63, 3.8) is 0 Å². The molecule has 31 heavy (non-hydrogen) atoms. The van der Waals surface area contributed by atoms with Crippen LogP contribution in [-0.4, -0.2) is 24.0 Å². The van der Waals surface area contributed by atoms with Gasteiger partial charge in [-0.15, -0.1) is 0 Å². The number of allylic oxidation sites excluding steroid dienone is 2. The molecule has 0 saturated carbocycles. The van der Waals surface area contributed by atoms with Crippen molar-refractivity contribution in [2.24, 2.45) is 0 Å². The summed E-state index contributed by atoms with van der Waals surface area (Å²) in [5.41, 5.74) is 8.71. The Morgan fingerprint density at radius 3 is 2.52 bits per heavy atom. The first-order valence-corrected chi connectivity index (χ1v) is 11.3. The summed E-state index contributed by atoms with van der Waals surface area (Å²) in [6, 6.07) is 1.58. The minimum Gasteiger partial charge on any atom is -0.377 e. The van der Waals surface area contributed by atoms with Gasteiger partial charge in [-0.1, -0.05) is 19.9 Å². The lowest BCUT2D eigenvalue weighted by atomic mass is 9.83. The van der Waals surface area contributed by atoms with Crippen LogP contribution in [0.5, 0.6) is 0 Å². The summed E-state index contributed by atoms with van der Waals surface area (Å²) in [7, 11) is 1.66. The lowest BCUT2D eigenvalue weighted by Gasteiger charge is -2.24. The zero-order valence-corrected chi connectivity index (χ0v) is 19.9. The van der Waals surface area contributed by atoms with Gasteiger partial charge in [0.1, 0.15) is 5.82 Å². The molecular weight excluding hydrogens is 389 g/mol. The molecule has 4 heteroatoms. The summed E-state index contributed by atoms with van der Waals surface area (Å²) in [4.78, 5) is 17.2. The SMILES string of the molecule is CC/C(C(C)=O)=C(/C=C(\C)c1nc2cc(F)c(C)c3c2c(c1CC)CCC3)C(C)OC. The maximum absolute atomic E-state index is 14.7. The van der Waals surface area contributed by atoms with Crippen molar-refractivity contribution in [2.75, 3.05) is 7.11 Å². The van der Waals surface area contributed by atoms with Crippen molar-refractivity contribution in [3.05, 3.63) is 57.1 Å². The van der Waals surface area contributed by atoms with E-state index in [-0.39, 0.29) is 17.7 Å². The number of hydrogen-bond donors (Lipinski definition) is 0. The van der Waals surface area contributed by atoms with Crippen molar-refractivity contribution in [3.8, 4) is 0 Å². The molecule has 1 atom stereocenters. The van der Waals surface area contributed by atoms with Crippen LogP contribution in [0.15, 0.2) is 23.3 Å². The second-order valence-corrected chi connectivity index (χ2v) is 8.53. The summed E-state index contributed by atoms with van der Waals surface area (Å²) < 4.78 is 20.2. The standard InChI is InChI=1S/C27H34FNO2/c1-8-19(17(5)30)23(18(6)31-7)13-15(3)27-20(9-2)22-12-10-11-21-16(4)24(28)14-25(29-27)26(21)22/h13-14,18H,8-12H2,1-7H3/b15-13+,23-19+. The van der Waals surface area contributed by atoms with Gasteiger partial charge in [0.25, 0.3) is 0 Å². The van der Waals surface area contributed by atoms with Crippen LogP contribution >= 0.6 is 0 Å². The summed E-state index contributed by atoms with van der Waals surface area (Å²) in [6.45, 7) is 11.6. The quantitative estimate of drug-likeness (QED) is 0.378. The predicted octanol–water partition coefficient (Wildman–Crippen LogP) is 6.47. The molecule has 0 radical (unpaired) electrons. The molecule has 2 aromatic rings. The fraction of sp³-hybridized carbons (Fsp3) is 0.481. The van der Waals surface area contributed by atoms with Crippen LogP contribution in [0.4, 0.5) is 4.39 Å². The van der Waals surface area contributed by atoms with Crippen LogP contribution in [-0.2, 0) is 28.8 Å². The molecule has 3 rings (SSSR count). The van der Waals surface area contributed by atoms with E-state index in [1.165, 1.54) is 11.1 Å². The Hall–Kier alpha value is -2.33. The van der Waals surface area contributed by atoms with Gasteiger partial charge in [0, 0.05) is 24.1 Å². The van der Waals surface area contributed by atoms with Crippen molar-refractivity contribution in [1.29, 1.82) is 0 Å². The fourth-order valence-electron chi connectivity index (χ4n) is 4.97. The minimum atomic E-state index is -0.204. The smallest absolute Gasteiger partial charge is 0.156 e. The number of ketones is 1. The molecule has 1 aromatic carbocycles. The summed E-state index contributed by atoms with van der Waals surface area (Å²) in [6.07, 6.45) is 6.27. The third-order valence-electron chi connectivity index (χ3n) is 6.69. The Morgan fingerprint density at radius 1 is 1.26 bits per heavy atom. The van der Waals surface area contributed by atoms with Gasteiger partial charge >= 0.3 is 0 Å². The number of hydrogen-bond acceptors (Lipinski definition) is 3. The largest absolute Gasteiger partial charge is 0.377 e. The molecule has 0 spiro atoms. The number of nitrogens with zero attached hydrogens (tertiary/aromatic N) is 1. The third-order valence-corrected chi connectivity index (χ3v) is 6.69. The first-order valence-electron chi connectivity index (χ1n) is 11.3. The second kappa shape index (κ2) is 9.44. The molecule has 0 N–H and O–H groups in total. The van der Waals surface area contributed by atoms with Crippen molar-refractivity contribution < 1.29 is 13.9 Å². The van der Waals surface area contributed by atoms with Crippen LogP contribution in [0.2, 0.25) is 0 Å². The highest BCUT2D eigenvalue weighted by Gasteiger charge is 2.24. The average molecular weight is 424 g/mol. The Balaban J connectivity index is 2.31. The number of methoxy groups -OCH3 is 1. The number of pyridine rings is 1. The number of aromatic nitrogens is 1. The van der Waals surface area contributed by atoms with E-state index in [2.05, 4.69) is 6.92 Å². The molecule has 3 nitrogen and oxygen atoms in total. The van der Waals surface area contributed by atoms with E-state index >= 15 is 0 Å². The molecule has 1 unspecified atom stereocenters. The fourth-order valence-corrected chi connectivity index (χ4v) is 4.97. The number of halogens is 1. The van der Waals surface area contributed by atoms with Gasteiger partial charge in [0.2, 0.25) is 0 Å². The van der Waals surface area contributed by atoms with E-state index in [9.17, 15) is 9.18 Å². The lowest BCUT2D eigenvalue weighted by Crippen LogP contribution is -2.14. The zero-order chi connectivity index (χ0) is 22.9. The second-order valence-electron chi connectivity index (χ2n) is 8.53. The van der Waals surface area contributed by atoms with E-state index in [0.29, 0.717) is 6.42 Å². The highest BCUT2D eigenvalue weighted by molar-refractivity contribution is 5.95. The van der Waals surface area contributed by atoms with E-state index in [1.54, 1.807) is 20.1 Å². The first-order chi connectivity index (χ1) is 14.7. The maximum atomic E-state index is 14.7. The van der Waals surface area contributed by atoms with E-state index < -0.39 is 0 Å². The van der Waals surface area contributed by atoms with Crippen LogP contribution in [0.3, 0.4) is 0 Å². The molecule has 1 aromatic heterocycles. The number of Topliss-reactive ketones (excluding diaryl/α,β-unsaturated/α-hetero) is 1. The Kier molecular flexibility index (Phi) is 7.10. The number of carbonyl (C=O) groups is 1. The molecule has 0 saturated heterocycles. The number of rotatable bonds is 7. The Morgan fingerprint density at radius 2 is 1.94 bits per heavy atom. The first kappa shape index (κ1) is 23.3. The molecule has 1 aliphatic rings. The van der Waals surface area contributed by atoms with Gasteiger partial charge in [-0.05, 0) is 93.2 Å². The van der Waals surface area contributed by atoms with Crippen molar-refractivity contribution >= 4 is 22.3 Å². The predicted molar refractivity (Wildman–Crippen MR) is 126 cm³/mol. The highest BCUT2D eigenvalue weighted by Crippen LogP contribution is 2.37. The van der Waals surface area contributed by atoms with Gasteiger partial charge in [-0.3, -0.25) is 4.79 Å². The summed E-state index contributed by atoms with van der Waals surface area (Å²) in [5, 5.41) is 1.15. The Labute approximate surface area is 185 Å².